The van der Waals surface area contributed by atoms with Gasteiger partial charge in [0.1, 0.15) is 6.10 Å². The van der Waals surface area contributed by atoms with Crippen molar-refractivity contribution < 1.29 is 4.74 Å². The molecule has 2 fully saturated rings. The number of nitrogens with zero attached hydrogens (tertiary/aromatic N) is 3. The summed E-state index contributed by atoms with van der Waals surface area (Å²) in [5, 5.41) is 0.972. The Morgan fingerprint density at radius 3 is 2.92 bits per heavy atom. The minimum atomic E-state index is 0.261. The molecule has 1 saturated heterocycles. The lowest BCUT2D eigenvalue weighted by atomic mass is 10.1. The van der Waals surface area contributed by atoms with E-state index in [0.29, 0.717) is 6.04 Å². The van der Waals surface area contributed by atoms with Crippen molar-refractivity contribution in [2.75, 3.05) is 12.3 Å². The molecule has 0 N–H and O–H groups in total. The highest BCUT2D eigenvalue weighted by Crippen LogP contribution is 2.41. The van der Waals surface area contributed by atoms with Crippen molar-refractivity contribution in [3.63, 3.8) is 0 Å². The van der Waals surface area contributed by atoms with Gasteiger partial charge in [-0.15, -0.1) is 4.37 Å². The number of benzene rings is 1. The van der Waals surface area contributed by atoms with Gasteiger partial charge in [-0.25, -0.2) is 0 Å². The summed E-state index contributed by atoms with van der Waals surface area (Å²) in [6.07, 6.45) is 3.82. The van der Waals surface area contributed by atoms with Gasteiger partial charge in [-0.2, -0.15) is 4.37 Å². The van der Waals surface area contributed by atoms with E-state index >= 15 is 0 Å². The third kappa shape index (κ3) is 3.46. The molecule has 0 unspecified atom stereocenters. The van der Waals surface area contributed by atoms with Gasteiger partial charge in [-0.05, 0) is 36.5 Å². The van der Waals surface area contributed by atoms with Crippen LogP contribution in [-0.2, 0) is 6.54 Å². The van der Waals surface area contributed by atoms with Gasteiger partial charge in [0.15, 0.2) is 5.03 Å². The molecular formula is C18H23N3OS2. The number of piperidine rings is 1. The van der Waals surface area contributed by atoms with Crippen LogP contribution in [-0.4, -0.2) is 38.1 Å². The molecule has 4 rings (SSSR count). The van der Waals surface area contributed by atoms with Crippen LogP contribution < -0.4 is 4.74 Å². The molecule has 0 amide bonds. The number of aromatic nitrogens is 2. The Morgan fingerprint density at radius 2 is 2.12 bits per heavy atom. The van der Waals surface area contributed by atoms with Gasteiger partial charge in [-0.1, -0.05) is 49.0 Å². The van der Waals surface area contributed by atoms with Crippen LogP contribution in [0.3, 0.4) is 0 Å². The van der Waals surface area contributed by atoms with E-state index in [9.17, 15) is 0 Å². The zero-order chi connectivity index (χ0) is 16.4. The van der Waals surface area contributed by atoms with Crippen molar-refractivity contribution in [2.24, 2.45) is 5.92 Å². The minimum Gasteiger partial charge on any atom is -0.470 e. The molecule has 3 atom stereocenters. The SMILES string of the molecule is CCCSc1nsnc1O[C@H]1C[C@@H]2C[C@H]1N(Cc1ccccc1)C2. The Labute approximate surface area is 151 Å². The predicted molar refractivity (Wildman–Crippen MR) is 98.7 cm³/mol. The fourth-order valence-electron chi connectivity index (χ4n) is 3.88. The second kappa shape index (κ2) is 7.42. The summed E-state index contributed by atoms with van der Waals surface area (Å²) in [5.41, 5.74) is 1.39. The molecule has 2 aromatic rings. The van der Waals surface area contributed by atoms with Crippen molar-refractivity contribution >= 4 is 23.5 Å². The van der Waals surface area contributed by atoms with Crippen LogP contribution in [0.2, 0.25) is 0 Å². The first-order valence-corrected chi connectivity index (χ1v) is 10.4. The maximum absolute atomic E-state index is 6.32. The summed E-state index contributed by atoms with van der Waals surface area (Å²) >= 11 is 3.02. The smallest absolute Gasteiger partial charge is 0.260 e. The van der Waals surface area contributed by atoms with Gasteiger partial charge >= 0.3 is 0 Å². The molecule has 2 bridgehead atoms. The van der Waals surface area contributed by atoms with E-state index < -0.39 is 0 Å². The number of ether oxygens (including phenoxy) is 1. The van der Waals surface area contributed by atoms with E-state index in [2.05, 4.69) is 50.9 Å². The lowest BCUT2D eigenvalue weighted by Crippen LogP contribution is -2.43. The summed E-state index contributed by atoms with van der Waals surface area (Å²) in [6.45, 7) is 4.41. The molecular weight excluding hydrogens is 338 g/mol. The molecule has 0 spiro atoms. The number of fused-ring (bicyclic) bond motifs is 2. The molecule has 0 radical (unpaired) electrons. The molecule has 2 aliphatic rings. The fourth-order valence-corrected chi connectivity index (χ4v) is 5.26. The van der Waals surface area contributed by atoms with Crippen LogP contribution in [0.15, 0.2) is 35.4 Å². The number of hydrogen-bond acceptors (Lipinski definition) is 6. The highest BCUT2D eigenvalue weighted by Gasteiger charge is 2.46. The van der Waals surface area contributed by atoms with Crippen LogP contribution in [0.1, 0.15) is 31.7 Å². The number of hydrogen-bond donors (Lipinski definition) is 0. The van der Waals surface area contributed by atoms with E-state index in [0.717, 1.165) is 42.0 Å². The van der Waals surface area contributed by atoms with E-state index in [1.807, 2.05) is 0 Å². The van der Waals surface area contributed by atoms with Gasteiger partial charge in [-0.3, -0.25) is 4.90 Å². The Balaban J connectivity index is 1.41. The molecule has 1 aliphatic carbocycles. The number of thioether (sulfide) groups is 1. The molecule has 1 aromatic carbocycles. The van der Waals surface area contributed by atoms with Gasteiger partial charge in [0.05, 0.1) is 11.7 Å². The Morgan fingerprint density at radius 1 is 1.25 bits per heavy atom. The first-order chi connectivity index (χ1) is 11.8. The number of rotatable bonds is 7. The summed E-state index contributed by atoms with van der Waals surface area (Å²) in [4.78, 5) is 2.59. The molecule has 6 heteroatoms. The van der Waals surface area contributed by atoms with Gasteiger partial charge in [0.2, 0.25) is 0 Å². The molecule has 1 aromatic heterocycles. The summed E-state index contributed by atoms with van der Waals surface area (Å²) in [6, 6.07) is 11.3. The fraction of sp³-hybridized carbons (Fsp3) is 0.556. The van der Waals surface area contributed by atoms with Crippen molar-refractivity contribution in [3.8, 4) is 5.88 Å². The maximum Gasteiger partial charge on any atom is 0.260 e. The molecule has 1 aliphatic heterocycles. The minimum absolute atomic E-state index is 0.261. The summed E-state index contributed by atoms with van der Waals surface area (Å²) in [7, 11) is 0. The average Bonchev–Trinajstić information content (AvgIpc) is 3.30. The highest BCUT2D eigenvalue weighted by atomic mass is 32.2. The first-order valence-electron chi connectivity index (χ1n) is 8.73. The van der Waals surface area contributed by atoms with E-state index in [-0.39, 0.29) is 6.10 Å². The van der Waals surface area contributed by atoms with Crippen molar-refractivity contribution in [3.05, 3.63) is 35.9 Å². The van der Waals surface area contributed by atoms with Crippen LogP contribution in [0.4, 0.5) is 0 Å². The monoisotopic (exact) mass is 361 g/mol. The van der Waals surface area contributed by atoms with E-state index in [1.54, 1.807) is 11.8 Å². The van der Waals surface area contributed by atoms with Gasteiger partial charge < -0.3 is 4.74 Å². The average molecular weight is 362 g/mol. The zero-order valence-corrected chi connectivity index (χ0v) is 15.6. The third-order valence-electron chi connectivity index (χ3n) is 4.90. The van der Waals surface area contributed by atoms with Crippen LogP contribution in [0.25, 0.3) is 0 Å². The lowest BCUT2D eigenvalue weighted by molar-refractivity contribution is 0.0654. The highest BCUT2D eigenvalue weighted by molar-refractivity contribution is 7.99. The quantitative estimate of drug-likeness (QED) is 0.695. The molecule has 24 heavy (non-hydrogen) atoms. The Hall–Kier alpha value is -1.11. The van der Waals surface area contributed by atoms with Crippen LogP contribution in [0.5, 0.6) is 5.88 Å². The topological polar surface area (TPSA) is 38.3 Å². The van der Waals surface area contributed by atoms with Gasteiger partial charge in [0, 0.05) is 19.1 Å². The maximum atomic E-state index is 6.32. The van der Waals surface area contributed by atoms with Crippen LogP contribution >= 0.6 is 23.5 Å². The molecule has 128 valence electrons. The van der Waals surface area contributed by atoms with E-state index in [4.69, 9.17) is 4.74 Å². The molecule has 4 nitrogen and oxygen atoms in total. The van der Waals surface area contributed by atoms with Crippen molar-refractivity contribution in [1.29, 1.82) is 0 Å². The number of likely N-dealkylation sites (tertiary alicyclic amines) is 1. The standard InChI is InChI=1S/C18H23N3OS2/c1-2-8-23-18-17(19-24-20-18)22-16-10-14-9-15(16)21(12-14)11-13-6-4-3-5-7-13/h3-7,14-16H,2,8-12H2,1H3/t14-,15+,16-/m0/s1. The first kappa shape index (κ1) is 16.4. The second-order valence-corrected chi connectivity index (χ2v) is 8.31. The third-order valence-corrected chi connectivity index (χ3v) is 6.68. The van der Waals surface area contributed by atoms with Crippen LogP contribution in [0, 0.1) is 5.92 Å². The van der Waals surface area contributed by atoms with Crippen molar-refractivity contribution in [1.82, 2.24) is 13.6 Å². The lowest BCUT2D eigenvalue weighted by Gasteiger charge is -2.33. The summed E-state index contributed by atoms with van der Waals surface area (Å²) < 4.78 is 15.1. The largest absolute Gasteiger partial charge is 0.470 e. The normalized spacial score (nSPS) is 26.1. The second-order valence-electron chi connectivity index (χ2n) is 6.70. The summed E-state index contributed by atoms with van der Waals surface area (Å²) in [5.74, 6) is 2.59. The zero-order valence-electron chi connectivity index (χ0n) is 13.9. The molecule has 1 saturated carbocycles. The molecule has 2 heterocycles. The Kier molecular flexibility index (Phi) is 5.06. The van der Waals surface area contributed by atoms with Gasteiger partial charge in [0.25, 0.3) is 5.88 Å². The van der Waals surface area contributed by atoms with Crippen molar-refractivity contribution in [2.45, 2.75) is 49.9 Å². The Bertz CT molecular complexity index is 663. The predicted octanol–water partition coefficient (Wildman–Crippen LogP) is 4.08. The van der Waals surface area contributed by atoms with E-state index in [1.165, 1.54) is 30.3 Å².